The van der Waals surface area contributed by atoms with Crippen molar-refractivity contribution in [1.82, 2.24) is 0 Å². The van der Waals surface area contributed by atoms with Crippen molar-refractivity contribution in [2.75, 3.05) is 5.75 Å². The minimum Gasteiger partial charge on any atom is -0.153 e. The van der Waals surface area contributed by atoms with Crippen LogP contribution in [0, 0.1) is 5.41 Å². The fraction of sp³-hybridized carbons (Fsp3) is 1.00. The van der Waals surface area contributed by atoms with Crippen molar-refractivity contribution in [3.8, 4) is 0 Å². The zero-order valence-electron chi connectivity index (χ0n) is 6.12. The highest BCUT2D eigenvalue weighted by Gasteiger charge is 2.48. The third kappa shape index (κ3) is 0.883. The minimum absolute atomic E-state index is 0.512. The Morgan fingerprint density at radius 3 is 1.75 bits per heavy atom. The van der Waals surface area contributed by atoms with E-state index in [1.165, 1.54) is 5.75 Å². The molecule has 1 saturated heterocycles. The SMILES string of the molecule is CC(C)(C)C1(C)CS1. The minimum atomic E-state index is 0.512. The van der Waals surface area contributed by atoms with Crippen LogP contribution < -0.4 is 0 Å². The van der Waals surface area contributed by atoms with Crippen molar-refractivity contribution in [2.24, 2.45) is 5.41 Å². The van der Waals surface area contributed by atoms with Gasteiger partial charge in [-0.25, -0.2) is 0 Å². The Labute approximate surface area is 56.0 Å². The van der Waals surface area contributed by atoms with E-state index in [0.717, 1.165) is 0 Å². The van der Waals surface area contributed by atoms with Gasteiger partial charge in [-0.1, -0.05) is 20.8 Å². The zero-order valence-corrected chi connectivity index (χ0v) is 6.93. The second-order valence-corrected chi connectivity index (χ2v) is 5.25. The molecule has 1 aliphatic heterocycles. The van der Waals surface area contributed by atoms with E-state index in [1.807, 2.05) is 0 Å². The standard InChI is InChI=1S/C7H14S/c1-6(2,3)7(4)5-8-7/h5H2,1-4H3. The lowest BCUT2D eigenvalue weighted by atomic mass is 9.83. The first-order valence-electron chi connectivity index (χ1n) is 3.10. The lowest BCUT2D eigenvalue weighted by molar-refractivity contribution is 0.351. The number of thioether (sulfide) groups is 1. The van der Waals surface area contributed by atoms with Crippen LogP contribution in [-0.4, -0.2) is 10.5 Å². The summed E-state index contributed by atoms with van der Waals surface area (Å²) < 4.78 is 0.604. The van der Waals surface area contributed by atoms with E-state index in [-0.39, 0.29) is 0 Å². The smallest absolute Gasteiger partial charge is 0.0271 e. The summed E-state index contributed by atoms with van der Waals surface area (Å²) >= 11 is 2.08. The van der Waals surface area contributed by atoms with E-state index < -0.39 is 0 Å². The summed E-state index contributed by atoms with van der Waals surface area (Å²) in [5, 5.41) is 0. The monoisotopic (exact) mass is 130 g/mol. The summed E-state index contributed by atoms with van der Waals surface area (Å²) in [5.41, 5.74) is 0.512. The van der Waals surface area contributed by atoms with Crippen LogP contribution in [0.25, 0.3) is 0 Å². The lowest BCUT2D eigenvalue weighted by Gasteiger charge is -2.24. The Kier molecular flexibility index (Phi) is 1.16. The third-order valence-corrected chi connectivity index (χ3v) is 3.93. The summed E-state index contributed by atoms with van der Waals surface area (Å²) in [6.07, 6.45) is 0. The Balaban J connectivity index is 2.58. The van der Waals surface area contributed by atoms with Gasteiger partial charge in [-0.15, -0.1) is 0 Å². The van der Waals surface area contributed by atoms with Gasteiger partial charge in [-0.2, -0.15) is 11.8 Å². The molecular weight excluding hydrogens is 116 g/mol. The Morgan fingerprint density at radius 1 is 1.38 bits per heavy atom. The van der Waals surface area contributed by atoms with Gasteiger partial charge in [-0.3, -0.25) is 0 Å². The molecule has 0 aromatic rings. The Hall–Kier alpha value is 0.350. The first-order valence-corrected chi connectivity index (χ1v) is 4.08. The first-order chi connectivity index (χ1) is 3.46. The molecular formula is C7H14S. The molecule has 1 rings (SSSR count). The average Bonchev–Trinajstić information content (AvgIpc) is 2.16. The number of hydrogen-bond acceptors (Lipinski definition) is 1. The molecule has 0 saturated carbocycles. The summed E-state index contributed by atoms with van der Waals surface area (Å²) in [6.45, 7) is 9.28. The van der Waals surface area contributed by atoms with Gasteiger partial charge < -0.3 is 0 Å². The topological polar surface area (TPSA) is 0 Å². The van der Waals surface area contributed by atoms with Crippen LogP contribution in [0.5, 0.6) is 0 Å². The van der Waals surface area contributed by atoms with Crippen molar-refractivity contribution in [2.45, 2.75) is 32.4 Å². The maximum absolute atomic E-state index is 2.34. The molecule has 0 aromatic heterocycles. The van der Waals surface area contributed by atoms with E-state index in [0.29, 0.717) is 10.2 Å². The van der Waals surface area contributed by atoms with E-state index >= 15 is 0 Å². The van der Waals surface area contributed by atoms with Gasteiger partial charge in [-0.05, 0) is 12.3 Å². The fourth-order valence-corrected chi connectivity index (χ4v) is 1.62. The van der Waals surface area contributed by atoms with Crippen molar-refractivity contribution in [3.05, 3.63) is 0 Å². The third-order valence-electron chi connectivity index (χ3n) is 2.16. The van der Waals surface area contributed by atoms with Crippen LogP contribution in [0.2, 0.25) is 0 Å². The molecule has 0 nitrogen and oxygen atoms in total. The molecule has 0 spiro atoms. The van der Waals surface area contributed by atoms with Crippen molar-refractivity contribution in [1.29, 1.82) is 0 Å². The highest BCUT2D eigenvalue weighted by atomic mass is 32.2. The van der Waals surface area contributed by atoms with Crippen LogP contribution in [0.15, 0.2) is 0 Å². The molecule has 0 amide bonds. The molecule has 1 fully saturated rings. The molecule has 1 heteroatoms. The van der Waals surface area contributed by atoms with Crippen molar-refractivity contribution >= 4 is 11.8 Å². The summed E-state index contributed by atoms with van der Waals surface area (Å²) in [6, 6.07) is 0. The normalized spacial score (nSPS) is 37.5. The summed E-state index contributed by atoms with van der Waals surface area (Å²) in [5.74, 6) is 1.36. The highest BCUT2D eigenvalue weighted by molar-refractivity contribution is 8.07. The van der Waals surface area contributed by atoms with Crippen LogP contribution in [-0.2, 0) is 0 Å². The molecule has 0 radical (unpaired) electrons. The van der Waals surface area contributed by atoms with Gasteiger partial charge in [0.1, 0.15) is 0 Å². The van der Waals surface area contributed by atoms with Crippen LogP contribution >= 0.6 is 11.8 Å². The summed E-state index contributed by atoms with van der Waals surface area (Å²) in [7, 11) is 0. The molecule has 48 valence electrons. The van der Waals surface area contributed by atoms with Gasteiger partial charge >= 0.3 is 0 Å². The molecule has 0 aliphatic carbocycles. The van der Waals surface area contributed by atoms with Gasteiger partial charge in [0.25, 0.3) is 0 Å². The van der Waals surface area contributed by atoms with E-state index in [9.17, 15) is 0 Å². The van der Waals surface area contributed by atoms with Crippen LogP contribution in [0.1, 0.15) is 27.7 Å². The largest absolute Gasteiger partial charge is 0.153 e. The average molecular weight is 130 g/mol. The van der Waals surface area contributed by atoms with Crippen molar-refractivity contribution < 1.29 is 0 Å². The Morgan fingerprint density at radius 2 is 1.75 bits per heavy atom. The van der Waals surface area contributed by atoms with Gasteiger partial charge in [0.2, 0.25) is 0 Å². The zero-order chi connectivity index (χ0) is 6.41. The second-order valence-electron chi connectivity index (χ2n) is 3.77. The van der Waals surface area contributed by atoms with E-state index in [1.54, 1.807) is 0 Å². The molecule has 1 aliphatic rings. The predicted octanol–water partition coefficient (Wildman–Crippen LogP) is 2.54. The fourth-order valence-electron chi connectivity index (χ4n) is 0.541. The molecule has 8 heavy (non-hydrogen) atoms. The second kappa shape index (κ2) is 1.44. The van der Waals surface area contributed by atoms with Gasteiger partial charge in [0, 0.05) is 10.5 Å². The summed E-state index contributed by atoms with van der Waals surface area (Å²) in [4.78, 5) is 0. The Bertz CT molecular complexity index is 92.2. The molecule has 0 bridgehead atoms. The van der Waals surface area contributed by atoms with Gasteiger partial charge in [0.15, 0.2) is 0 Å². The number of rotatable bonds is 0. The quantitative estimate of drug-likeness (QED) is 0.454. The van der Waals surface area contributed by atoms with E-state index in [2.05, 4.69) is 39.5 Å². The highest BCUT2D eigenvalue weighted by Crippen LogP contribution is 2.55. The molecule has 1 atom stereocenters. The lowest BCUT2D eigenvalue weighted by Crippen LogP contribution is -2.24. The number of hydrogen-bond donors (Lipinski definition) is 0. The molecule has 0 N–H and O–H groups in total. The van der Waals surface area contributed by atoms with Gasteiger partial charge in [0.05, 0.1) is 0 Å². The van der Waals surface area contributed by atoms with Crippen molar-refractivity contribution in [3.63, 3.8) is 0 Å². The van der Waals surface area contributed by atoms with Crippen LogP contribution in [0.3, 0.4) is 0 Å². The predicted molar refractivity (Wildman–Crippen MR) is 40.3 cm³/mol. The molecule has 1 heterocycles. The maximum atomic E-state index is 2.34. The first kappa shape index (κ1) is 6.47. The van der Waals surface area contributed by atoms with Crippen LogP contribution in [0.4, 0.5) is 0 Å². The molecule has 1 unspecified atom stereocenters. The maximum Gasteiger partial charge on any atom is 0.0271 e. The molecule has 0 aromatic carbocycles. The van der Waals surface area contributed by atoms with E-state index in [4.69, 9.17) is 0 Å².